The van der Waals surface area contributed by atoms with Crippen LogP contribution in [0.4, 0.5) is 5.69 Å². The molecule has 1 heterocycles. The monoisotopic (exact) mass is 867 g/mol. The molecule has 0 aliphatic carbocycles. The van der Waals surface area contributed by atoms with Crippen molar-refractivity contribution in [1.29, 1.82) is 0 Å². The SMILES string of the molecule is CCOC(=O)C(=CN(C)C)C(C)=O.CCOC(=O)CC(C)=O.CCOC(=O)c1cnn(-c2cccc(C)c2)c1C.CCOC=C(C(C)=O)C(=O)OCC.Cc1cccc(NN)c1. The molecule has 3 rings (SSSR count). The normalized spacial score (nSPS) is 10.2. The van der Waals surface area contributed by atoms with Gasteiger partial charge in [-0.1, -0.05) is 24.3 Å². The van der Waals surface area contributed by atoms with E-state index >= 15 is 0 Å². The van der Waals surface area contributed by atoms with E-state index < -0.39 is 17.9 Å². The molecule has 2 aromatic carbocycles. The average molecular weight is 868 g/mol. The first kappa shape index (κ1) is 57.5. The molecule has 17 nitrogen and oxygen atoms in total. The van der Waals surface area contributed by atoms with Crippen LogP contribution in [0.1, 0.15) is 89.0 Å². The van der Waals surface area contributed by atoms with Crippen molar-refractivity contribution in [1.82, 2.24) is 14.7 Å². The molecule has 0 atom stereocenters. The molecule has 0 spiro atoms. The number of anilines is 1. The van der Waals surface area contributed by atoms with E-state index in [0.717, 1.165) is 28.9 Å². The fourth-order valence-electron chi connectivity index (χ4n) is 4.39. The minimum absolute atomic E-state index is 0.0521. The summed E-state index contributed by atoms with van der Waals surface area (Å²) in [6.45, 7) is 20.2. The number of carbonyl (C=O) groups excluding carboxylic acids is 7. The number of rotatable bonds is 16. The maximum Gasteiger partial charge on any atom is 0.344 e. The van der Waals surface area contributed by atoms with Crippen LogP contribution in [-0.2, 0) is 52.5 Å². The zero-order valence-corrected chi connectivity index (χ0v) is 38.4. The van der Waals surface area contributed by atoms with E-state index in [1.807, 2.05) is 69.3 Å². The molecule has 62 heavy (non-hydrogen) atoms. The number of nitrogens with one attached hydrogen (secondary N) is 1. The Bertz CT molecular complexity index is 1950. The summed E-state index contributed by atoms with van der Waals surface area (Å²) < 4.78 is 25.4. The number of hydrogen-bond acceptors (Lipinski definition) is 16. The summed E-state index contributed by atoms with van der Waals surface area (Å²) in [6.07, 6.45) is 4.05. The molecule has 17 heteroatoms. The number of ketones is 3. The highest BCUT2D eigenvalue weighted by Crippen LogP contribution is 2.16. The Hall–Kier alpha value is -6.62. The maximum absolute atomic E-state index is 11.7. The molecule has 0 fully saturated rings. The van der Waals surface area contributed by atoms with Gasteiger partial charge in [0.1, 0.15) is 35.2 Å². The maximum atomic E-state index is 11.7. The molecular weight excluding hydrogens is 803 g/mol. The van der Waals surface area contributed by atoms with Crippen molar-refractivity contribution in [3.63, 3.8) is 0 Å². The number of hydrogen-bond donors (Lipinski definition) is 2. The number of nitrogens with two attached hydrogens (primary N) is 1. The lowest BCUT2D eigenvalue weighted by atomic mass is 10.2. The van der Waals surface area contributed by atoms with E-state index in [0.29, 0.717) is 25.4 Å². The number of aromatic nitrogens is 2. The molecule has 0 amide bonds. The van der Waals surface area contributed by atoms with Gasteiger partial charge in [-0.25, -0.2) is 19.1 Å². The molecule has 3 N–H and O–H groups in total. The van der Waals surface area contributed by atoms with Gasteiger partial charge in [0.2, 0.25) is 0 Å². The Labute approximate surface area is 365 Å². The number of hydrazine groups is 1. The number of carbonyl (C=O) groups is 7. The summed E-state index contributed by atoms with van der Waals surface area (Å²) in [5, 5.41) is 4.25. The number of benzene rings is 2. The second-order valence-electron chi connectivity index (χ2n) is 12.9. The third kappa shape index (κ3) is 25.1. The summed E-state index contributed by atoms with van der Waals surface area (Å²) in [6, 6.07) is 15.9. The minimum Gasteiger partial charge on any atom is -0.500 e. The molecule has 0 bridgehead atoms. The van der Waals surface area contributed by atoms with Crippen molar-refractivity contribution in [3.05, 3.63) is 101 Å². The van der Waals surface area contributed by atoms with Gasteiger partial charge in [-0.05, 0) is 112 Å². The fraction of sp³-hybridized carbons (Fsp3) is 0.422. The van der Waals surface area contributed by atoms with Crippen LogP contribution < -0.4 is 11.3 Å². The molecular formula is C45H65N5O12. The first-order valence-electron chi connectivity index (χ1n) is 19.8. The second-order valence-corrected chi connectivity index (χ2v) is 12.9. The van der Waals surface area contributed by atoms with E-state index in [-0.39, 0.29) is 54.1 Å². The van der Waals surface area contributed by atoms with Crippen molar-refractivity contribution in [2.24, 2.45) is 5.84 Å². The molecule has 0 aliphatic heterocycles. The molecule has 342 valence electrons. The minimum atomic E-state index is -0.636. The lowest BCUT2D eigenvalue weighted by Gasteiger charge is -2.08. The summed E-state index contributed by atoms with van der Waals surface area (Å²) in [7, 11) is 3.48. The molecule has 0 saturated heterocycles. The fourth-order valence-corrected chi connectivity index (χ4v) is 4.39. The first-order valence-corrected chi connectivity index (χ1v) is 19.8. The van der Waals surface area contributed by atoms with E-state index in [1.165, 1.54) is 32.5 Å². The molecule has 0 aliphatic rings. The molecule has 3 aromatic rings. The standard InChI is InChI=1S/C14H16N2O2.C9H15NO3.C9H14O4.C7H10N2.C6H10O3/c1-4-18-14(17)13-9-15-16(11(13)3)12-7-5-6-10(2)8-12;1-5-13-9(12)8(7(2)11)6-10(3)4;1-4-12-6-8(7(3)10)9(11)13-5-2;1-6-3-2-4-7(5-6)9-8;1-3-9-6(8)4-5(2)7/h5-9H,4H2,1-3H3;6H,5H2,1-4H3;6H,4-5H2,1-3H3;2-5,9H,8H2,1H3;3-4H2,1-2H3. The third-order valence-corrected chi connectivity index (χ3v) is 7.14. The van der Waals surface area contributed by atoms with E-state index in [4.69, 9.17) is 20.1 Å². The number of esters is 4. The summed E-state index contributed by atoms with van der Waals surface area (Å²) in [5.74, 6) is 2.40. The molecule has 0 radical (unpaired) electrons. The average Bonchev–Trinajstić information content (AvgIpc) is 3.59. The summed E-state index contributed by atoms with van der Waals surface area (Å²) in [4.78, 5) is 78.2. The highest BCUT2D eigenvalue weighted by Gasteiger charge is 2.17. The van der Waals surface area contributed by atoms with Gasteiger partial charge in [-0.2, -0.15) is 5.10 Å². The number of nitrogens with zero attached hydrogens (tertiary/aromatic N) is 3. The zero-order valence-electron chi connectivity index (χ0n) is 38.4. The predicted molar refractivity (Wildman–Crippen MR) is 236 cm³/mol. The number of nitrogen functional groups attached to an aromatic ring is 1. The first-order chi connectivity index (χ1) is 29.2. The van der Waals surface area contributed by atoms with E-state index in [1.54, 1.807) is 64.5 Å². The predicted octanol–water partition coefficient (Wildman–Crippen LogP) is 6.12. The van der Waals surface area contributed by atoms with Crippen LogP contribution in [-0.4, -0.2) is 103 Å². The van der Waals surface area contributed by atoms with Gasteiger partial charge in [0.25, 0.3) is 0 Å². The second kappa shape index (κ2) is 33.1. The lowest BCUT2D eigenvalue weighted by molar-refractivity contribution is -0.145. The Morgan fingerprint density at radius 1 is 0.710 bits per heavy atom. The van der Waals surface area contributed by atoms with Crippen molar-refractivity contribution >= 4 is 46.9 Å². The lowest BCUT2D eigenvalue weighted by Crippen LogP contribution is -2.17. The Kier molecular flexibility index (Phi) is 30.7. The zero-order chi connectivity index (χ0) is 47.8. The number of Topliss-reactive ketones (excluding diaryl/α,β-unsaturated/α-hetero) is 3. The van der Waals surface area contributed by atoms with Gasteiger partial charge in [0, 0.05) is 26.0 Å². The Morgan fingerprint density at radius 3 is 1.65 bits per heavy atom. The van der Waals surface area contributed by atoms with Crippen LogP contribution in [0, 0.1) is 20.8 Å². The number of aryl methyl sites for hydroxylation is 2. The van der Waals surface area contributed by atoms with Crippen LogP contribution in [0.3, 0.4) is 0 Å². The van der Waals surface area contributed by atoms with Gasteiger partial charge in [0.05, 0.1) is 50.6 Å². The van der Waals surface area contributed by atoms with Crippen molar-refractivity contribution < 1.29 is 57.2 Å². The van der Waals surface area contributed by atoms with Crippen LogP contribution in [0.25, 0.3) is 5.69 Å². The third-order valence-electron chi connectivity index (χ3n) is 7.14. The quantitative estimate of drug-likeness (QED) is 0.0242. The van der Waals surface area contributed by atoms with E-state index in [2.05, 4.69) is 20.0 Å². The van der Waals surface area contributed by atoms with Crippen LogP contribution in [0.2, 0.25) is 0 Å². The largest absolute Gasteiger partial charge is 0.500 e. The summed E-state index contributed by atoms with van der Waals surface area (Å²) >= 11 is 0. The van der Waals surface area contributed by atoms with Gasteiger partial charge in [0.15, 0.2) is 11.6 Å². The van der Waals surface area contributed by atoms with E-state index in [9.17, 15) is 33.6 Å². The Morgan fingerprint density at radius 2 is 1.23 bits per heavy atom. The summed E-state index contributed by atoms with van der Waals surface area (Å²) in [5.41, 5.74) is 8.16. The molecule has 0 saturated carbocycles. The number of ether oxygens (including phenoxy) is 5. The molecule has 0 unspecified atom stereocenters. The van der Waals surface area contributed by atoms with Gasteiger partial charge < -0.3 is 34.0 Å². The smallest absolute Gasteiger partial charge is 0.344 e. The van der Waals surface area contributed by atoms with Gasteiger partial charge >= 0.3 is 23.9 Å². The topological polar surface area (TPSA) is 225 Å². The van der Waals surface area contributed by atoms with Gasteiger partial charge in [-0.15, -0.1) is 0 Å². The van der Waals surface area contributed by atoms with Crippen molar-refractivity contribution in [3.8, 4) is 5.69 Å². The molecule has 1 aromatic heterocycles. The van der Waals surface area contributed by atoms with Gasteiger partial charge in [-0.3, -0.25) is 25.0 Å². The van der Waals surface area contributed by atoms with Crippen LogP contribution in [0.15, 0.2) is 78.3 Å². The highest BCUT2D eigenvalue weighted by atomic mass is 16.5. The van der Waals surface area contributed by atoms with Crippen LogP contribution in [0.5, 0.6) is 0 Å². The highest BCUT2D eigenvalue weighted by molar-refractivity contribution is 6.16. The Balaban J connectivity index is 0. The van der Waals surface area contributed by atoms with Crippen molar-refractivity contribution in [2.75, 3.05) is 52.6 Å². The van der Waals surface area contributed by atoms with Crippen molar-refractivity contribution in [2.45, 2.75) is 82.6 Å². The van der Waals surface area contributed by atoms with Crippen LogP contribution >= 0.6 is 0 Å².